The Hall–Kier alpha value is -3.47. The number of para-hydroxylation sites is 1. The summed E-state index contributed by atoms with van der Waals surface area (Å²) in [6.07, 6.45) is 0. The third kappa shape index (κ3) is 3.96. The van der Waals surface area contributed by atoms with E-state index < -0.39 is 7.32 Å². The van der Waals surface area contributed by atoms with Crippen molar-refractivity contribution in [3.05, 3.63) is 97.1 Å². The zero-order valence-corrected chi connectivity index (χ0v) is 16.4. The van der Waals surface area contributed by atoms with Gasteiger partial charge < -0.3 is 20.5 Å². The van der Waals surface area contributed by atoms with Crippen molar-refractivity contribution in [1.29, 1.82) is 0 Å². The Labute approximate surface area is 177 Å². The van der Waals surface area contributed by atoms with Crippen LogP contribution in [0.25, 0.3) is 32.3 Å². The van der Waals surface area contributed by atoms with Gasteiger partial charge in [-0.3, -0.25) is 0 Å². The minimum Gasteiger partial charge on any atom is -0.501 e. The fourth-order valence-electron chi connectivity index (χ4n) is 3.61. The van der Waals surface area contributed by atoms with Gasteiger partial charge in [-0.2, -0.15) is 0 Å². The van der Waals surface area contributed by atoms with Gasteiger partial charge in [-0.1, -0.05) is 66.7 Å². The van der Waals surface area contributed by atoms with E-state index in [1.165, 1.54) is 10.8 Å². The van der Waals surface area contributed by atoms with Crippen molar-refractivity contribution >= 4 is 48.1 Å². The van der Waals surface area contributed by atoms with Crippen LogP contribution in [0, 0.1) is 0 Å². The third-order valence-corrected chi connectivity index (χ3v) is 4.90. The van der Waals surface area contributed by atoms with Crippen molar-refractivity contribution in [2.45, 2.75) is 0 Å². The van der Waals surface area contributed by atoms with Gasteiger partial charge in [0.05, 0.1) is 0 Å². The molecule has 0 heterocycles. The average molecular weight is 392 g/mol. The van der Waals surface area contributed by atoms with Crippen LogP contribution in [0.3, 0.4) is 0 Å². The van der Waals surface area contributed by atoms with Crippen LogP contribution in [0.5, 0.6) is 11.5 Å². The van der Waals surface area contributed by atoms with Crippen LogP contribution in [0.2, 0.25) is 0 Å². The van der Waals surface area contributed by atoms with Gasteiger partial charge in [0.2, 0.25) is 0 Å². The van der Waals surface area contributed by atoms with Crippen LogP contribution in [0.15, 0.2) is 97.1 Å². The zero-order valence-electron chi connectivity index (χ0n) is 16.4. The molecule has 0 bridgehead atoms. The first kappa shape index (κ1) is 21.2. The SMILES string of the molecule is N.OB(Oc1ccccc1)Oc1cccc2ccc3cc4ccccc4cc3c12.[B]. The topological polar surface area (TPSA) is 73.7 Å². The second kappa shape index (κ2) is 8.91. The average Bonchev–Trinajstić information content (AvgIpc) is 2.73. The molecule has 5 aromatic carbocycles. The molecule has 0 unspecified atom stereocenters. The molecular formula is C24H20B2NO3. The molecule has 4 nitrogen and oxygen atoms in total. The molecule has 0 saturated carbocycles. The molecular weight excluding hydrogens is 372 g/mol. The number of benzene rings is 5. The number of rotatable bonds is 4. The molecule has 0 aliphatic heterocycles. The Bertz CT molecular complexity index is 1300. The lowest BCUT2D eigenvalue weighted by Gasteiger charge is -2.14. The molecule has 5 aromatic rings. The maximum Gasteiger partial charge on any atom is 0.785 e. The molecule has 0 fully saturated rings. The lowest BCUT2D eigenvalue weighted by molar-refractivity contribution is 0.299. The predicted molar refractivity (Wildman–Crippen MR) is 125 cm³/mol. The molecule has 0 saturated heterocycles. The van der Waals surface area contributed by atoms with Crippen LogP contribution in [0.1, 0.15) is 0 Å². The molecule has 0 aliphatic rings. The van der Waals surface area contributed by atoms with Gasteiger partial charge in [0.1, 0.15) is 11.5 Å². The normalized spacial score (nSPS) is 10.3. The summed E-state index contributed by atoms with van der Waals surface area (Å²) in [5.74, 6) is 1.13. The fraction of sp³-hybridized carbons (Fsp3) is 0. The molecule has 4 N–H and O–H groups in total. The highest BCUT2D eigenvalue weighted by Gasteiger charge is 2.22. The molecule has 0 aliphatic carbocycles. The Morgan fingerprint density at radius 1 is 0.600 bits per heavy atom. The van der Waals surface area contributed by atoms with Gasteiger partial charge in [-0.15, -0.1) is 0 Å². The smallest absolute Gasteiger partial charge is 0.501 e. The summed E-state index contributed by atoms with van der Waals surface area (Å²) in [6.45, 7) is 0. The Morgan fingerprint density at radius 2 is 1.23 bits per heavy atom. The second-order valence-corrected chi connectivity index (χ2v) is 6.70. The molecule has 6 heteroatoms. The third-order valence-electron chi connectivity index (χ3n) is 4.90. The van der Waals surface area contributed by atoms with Gasteiger partial charge in [0.15, 0.2) is 0 Å². The maximum absolute atomic E-state index is 10.3. The quantitative estimate of drug-likeness (QED) is 0.245. The van der Waals surface area contributed by atoms with E-state index in [4.69, 9.17) is 9.31 Å². The van der Waals surface area contributed by atoms with E-state index >= 15 is 0 Å². The highest BCUT2D eigenvalue weighted by atomic mass is 16.7. The summed E-state index contributed by atoms with van der Waals surface area (Å²) in [5, 5.41) is 16.9. The van der Waals surface area contributed by atoms with Crippen molar-refractivity contribution in [3.63, 3.8) is 0 Å². The number of fused-ring (bicyclic) bond motifs is 4. The molecule has 30 heavy (non-hydrogen) atoms. The second-order valence-electron chi connectivity index (χ2n) is 6.70. The summed E-state index contributed by atoms with van der Waals surface area (Å²) in [5.41, 5.74) is 0. The van der Waals surface area contributed by atoms with E-state index in [0.29, 0.717) is 11.5 Å². The van der Waals surface area contributed by atoms with Crippen molar-refractivity contribution in [2.75, 3.05) is 0 Å². The van der Waals surface area contributed by atoms with Gasteiger partial charge >= 0.3 is 7.32 Å². The van der Waals surface area contributed by atoms with E-state index in [2.05, 4.69) is 36.4 Å². The highest BCUT2D eigenvalue weighted by molar-refractivity contribution is 6.37. The molecule has 0 aromatic heterocycles. The number of hydrogen-bond acceptors (Lipinski definition) is 4. The van der Waals surface area contributed by atoms with Crippen LogP contribution in [-0.4, -0.2) is 20.8 Å². The minimum absolute atomic E-state index is 0. The molecule has 0 atom stereocenters. The van der Waals surface area contributed by atoms with Crippen molar-refractivity contribution in [2.24, 2.45) is 0 Å². The van der Waals surface area contributed by atoms with Gasteiger partial charge in [0, 0.05) is 13.8 Å². The first-order valence-electron chi connectivity index (χ1n) is 9.19. The standard InChI is InChI=1S/C24H17BO3.B.H3N/c26-25(27-21-10-2-1-3-11-21)28-23-12-6-9-17-13-14-20-15-18-7-4-5-8-19(18)16-22(20)24(17)23;;/h1-16,26H;;1H3. The summed E-state index contributed by atoms with van der Waals surface area (Å²) in [6, 6.07) is 31.8. The molecule has 145 valence electrons. The zero-order chi connectivity index (χ0) is 18.9. The van der Waals surface area contributed by atoms with Gasteiger partial charge in [0.25, 0.3) is 0 Å². The van der Waals surface area contributed by atoms with Crippen LogP contribution in [-0.2, 0) is 0 Å². The Balaban J connectivity index is 0.00000128. The van der Waals surface area contributed by atoms with Crippen molar-refractivity contribution in [1.82, 2.24) is 6.15 Å². The lowest BCUT2D eigenvalue weighted by Crippen LogP contribution is -2.29. The summed E-state index contributed by atoms with van der Waals surface area (Å²) in [7, 11) is -1.40. The first-order valence-corrected chi connectivity index (χ1v) is 9.19. The Kier molecular flexibility index (Phi) is 6.31. The Morgan fingerprint density at radius 3 is 2.00 bits per heavy atom. The van der Waals surface area contributed by atoms with Crippen molar-refractivity contribution in [3.8, 4) is 11.5 Å². The highest BCUT2D eigenvalue weighted by Crippen LogP contribution is 2.35. The largest absolute Gasteiger partial charge is 0.785 e. The van der Waals surface area contributed by atoms with E-state index in [-0.39, 0.29) is 14.6 Å². The summed E-state index contributed by atoms with van der Waals surface area (Å²) < 4.78 is 11.3. The fourth-order valence-corrected chi connectivity index (χ4v) is 3.61. The molecule has 3 radical (unpaired) electrons. The van der Waals surface area contributed by atoms with Crippen molar-refractivity contribution < 1.29 is 14.3 Å². The van der Waals surface area contributed by atoms with E-state index in [1.807, 2.05) is 48.5 Å². The summed E-state index contributed by atoms with van der Waals surface area (Å²) >= 11 is 0. The van der Waals surface area contributed by atoms with Gasteiger partial charge in [-0.25, -0.2) is 0 Å². The monoisotopic (exact) mass is 392 g/mol. The van der Waals surface area contributed by atoms with E-state index in [9.17, 15) is 5.02 Å². The number of hydrogen-bond donors (Lipinski definition) is 2. The van der Waals surface area contributed by atoms with E-state index in [1.54, 1.807) is 12.1 Å². The molecule has 0 amide bonds. The molecule has 5 rings (SSSR count). The summed E-state index contributed by atoms with van der Waals surface area (Å²) in [4.78, 5) is 0. The maximum atomic E-state index is 10.3. The first-order chi connectivity index (χ1) is 13.8. The van der Waals surface area contributed by atoms with Gasteiger partial charge in [-0.05, 0) is 57.3 Å². The lowest BCUT2D eigenvalue weighted by atomic mass is 9.97. The molecule has 0 spiro atoms. The minimum atomic E-state index is -1.40. The van der Waals surface area contributed by atoms with Crippen LogP contribution >= 0.6 is 0 Å². The van der Waals surface area contributed by atoms with Crippen LogP contribution in [0.4, 0.5) is 0 Å². The van der Waals surface area contributed by atoms with Crippen LogP contribution < -0.4 is 15.5 Å². The van der Waals surface area contributed by atoms with E-state index in [0.717, 1.165) is 21.5 Å². The predicted octanol–water partition coefficient (Wildman–Crippen LogP) is 5.36.